The highest BCUT2D eigenvalue weighted by molar-refractivity contribution is 5.79. The van der Waals surface area contributed by atoms with Crippen molar-refractivity contribution in [1.82, 2.24) is 10.2 Å². The first kappa shape index (κ1) is 20.1. The molecule has 31 heavy (non-hydrogen) atoms. The van der Waals surface area contributed by atoms with Crippen LogP contribution in [0.1, 0.15) is 36.3 Å². The number of carboxylic acids is 1. The summed E-state index contributed by atoms with van der Waals surface area (Å²) in [5.74, 6) is -0.447. The standard InChI is InChI=1S/C25H28N2O4/c28-23(29)25(12-17-6-5-11-27(13-17)16-25)15-26-24(30)31-14-22-20-9-3-1-7-18(20)19-8-2-4-10-21(19)22/h1-4,7-10,17,22H,5-6,11-16H2,(H,26,30)(H,28,29). The zero-order valence-electron chi connectivity index (χ0n) is 17.5. The van der Waals surface area contributed by atoms with Crippen LogP contribution in [0.2, 0.25) is 0 Å². The van der Waals surface area contributed by atoms with Crippen molar-refractivity contribution in [3.63, 3.8) is 0 Å². The Morgan fingerprint density at radius 2 is 1.77 bits per heavy atom. The number of hydrogen-bond acceptors (Lipinski definition) is 4. The Kier molecular flexibility index (Phi) is 5.18. The Labute approximate surface area is 182 Å². The van der Waals surface area contributed by atoms with Crippen LogP contribution in [0.3, 0.4) is 0 Å². The minimum absolute atomic E-state index is 0.00766. The third-order valence-corrected chi connectivity index (χ3v) is 7.18. The van der Waals surface area contributed by atoms with E-state index in [0.717, 1.165) is 37.1 Å². The number of carbonyl (C=O) groups excluding carboxylic acids is 1. The van der Waals surface area contributed by atoms with Crippen LogP contribution in [0.25, 0.3) is 11.1 Å². The molecule has 5 rings (SSSR count). The third kappa shape index (κ3) is 3.69. The summed E-state index contributed by atoms with van der Waals surface area (Å²) in [6.45, 7) is 2.74. The molecular weight excluding hydrogens is 392 g/mol. The molecule has 2 aromatic rings. The monoisotopic (exact) mass is 420 g/mol. The van der Waals surface area contributed by atoms with Gasteiger partial charge in [0.15, 0.2) is 0 Å². The van der Waals surface area contributed by atoms with Gasteiger partial charge < -0.3 is 20.1 Å². The maximum Gasteiger partial charge on any atom is 0.407 e. The Morgan fingerprint density at radius 3 is 2.42 bits per heavy atom. The molecule has 3 atom stereocenters. The molecule has 2 bridgehead atoms. The predicted octanol–water partition coefficient (Wildman–Crippen LogP) is 3.71. The molecule has 2 saturated heterocycles. The maximum atomic E-state index is 12.5. The number of amides is 1. The van der Waals surface area contributed by atoms with Crippen molar-refractivity contribution >= 4 is 12.1 Å². The first-order valence-electron chi connectivity index (χ1n) is 11.1. The van der Waals surface area contributed by atoms with Gasteiger partial charge in [0.1, 0.15) is 6.61 Å². The lowest BCUT2D eigenvalue weighted by molar-refractivity contribution is -0.155. The van der Waals surface area contributed by atoms with E-state index in [0.29, 0.717) is 18.9 Å². The molecule has 2 aromatic carbocycles. The average Bonchev–Trinajstić information content (AvgIpc) is 3.10. The van der Waals surface area contributed by atoms with Crippen LogP contribution in [-0.2, 0) is 9.53 Å². The number of ether oxygens (including phenoxy) is 1. The second-order valence-corrected chi connectivity index (χ2v) is 9.21. The number of benzene rings is 2. The van der Waals surface area contributed by atoms with Crippen LogP contribution in [0.5, 0.6) is 0 Å². The summed E-state index contributed by atoms with van der Waals surface area (Å²) >= 11 is 0. The molecule has 6 heteroatoms. The molecule has 1 aliphatic carbocycles. The zero-order valence-corrected chi connectivity index (χ0v) is 17.5. The van der Waals surface area contributed by atoms with Crippen LogP contribution < -0.4 is 5.32 Å². The fourth-order valence-electron chi connectivity index (χ4n) is 5.76. The summed E-state index contributed by atoms with van der Waals surface area (Å²) in [4.78, 5) is 26.9. The number of fused-ring (bicyclic) bond motifs is 5. The molecule has 0 radical (unpaired) electrons. The summed E-state index contributed by atoms with van der Waals surface area (Å²) in [5, 5.41) is 12.7. The molecule has 3 aliphatic rings. The number of nitrogens with zero attached hydrogens (tertiary/aromatic N) is 1. The Bertz CT molecular complexity index is 947. The van der Waals surface area contributed by atoms with E-state index in [-0.39, 0.29) is 19.1 Å². The zero-order chi connectivity index (χ0) is 21.4. The first-order valence-corrected chi connectivity index (χ1v) is 11.1. The molecule has 2 heterocycles. The van der Waals surface area contributed by atoms with Crippen LogP contribution in [0, 0.1) is 11.3 Å². The number of rotatable bonds is 5. The van der Waals surface area contributed by atoms with E-state index in [1.165, 1.54) is 11.1 Å². The number of carboxylic acid groups (broad SMARTS) is 1. The van der Waals surface area contributed by atoms with Crippen molar-refractivity contribution < 1.29 is 19.4 Å². The molecule has 3 unspecified atom stereocenters. The number of carbonyl (C=O) groups is 2. The van der Waals surface area contributed by atoms with E-state index in [1.807, 2.05) is 24.3 Å². The van der Waals surface area contributed by atoms with Crippen molar-refractivity contribution in [3.05, 3.63) is 59.7 Å². The van der Waals surface area contributed by atoms with Crippen LogP contribution in [0.4, 0.5) is 4.79 Å². The Balaban J connectivity index is 1.24. The van der Waals surface area contributed by atoms with Gasteiger partial charge in [0, 0.05) is 25.6 Å². The summed E-state index contributed by atoms with van der Waals surface area (Å²) < 4.78 is 5.59. The second-order valence-electron chi connectivity index (χ2n) is 9.21. The van der Waals surface area contributed by atoms with E-state index >= 15 is 0 Å². The van der Waals surface area contributed by atoms with Crippen molar-refractivity contribution in [2.45, 2.75) is 25.2 Å². The molecule has 0 aromatic heterocycles. The second kappa shape index (κ2) is 8.00. The fraction of sp³-hybridized carbons (Fsp3) is 0.440. The predicted molar refractivity (Wildman–Crippen MR) is 117 cm³/mol. The van der Waals surface area contributed by atoms with Gasteiger partial charge in [-0.2, -0.15) is 0 Å². The normalized spacial score (nSPS) is 26.6. The van der Waals surface area contributed by atoms with Crippen LogP contribution in [-0.4, -0.2) is 54.9 Å². The number of aliphatic carboxylic acids is 1. The molecule has 6 nitrogen and oxygen atoms in total. The largest absolute Gasteiger partial charge is 0.481 e. The molecule has 1 amide bonds. The summed E-state index contributed by atoms with van der Waals surface area (Å²) in [6, 6.07) is 16.4. The topological polar surface area (TPSA) is 78.9 Å². The molecule has 2 aliphatic heterocycles. The minimum Gasteiger partial charge on any atom is -0.481 e. The molecule has 2 fully saturated rings. The van der Waals surface area contributed by atoms with Gasteiger partial charge in [0.2, 0.25) is 0 Å². The van der Waals surface area contributed by atoms with Crippen molar-refractivity contribution in [3.8, 4) is 11.1 Å². The van der Waals surface area contributed by atoms with Gasteiger partial charge in [-0.15, -0.1) is 0 Å². The summed E-state index contributed by atoms with van der Waals surface area (Å²) in [7, 11) is 0. The quantitative estimate of drug-likeness (QED) is 0.771. The van der Waals surface area contributed by atoms with E-state index in [4.69, 9.17) is 4.74 Å². The minimum atomic E-state index is -0.936. The van der Waals surface area contributed by atoms with Crippen molar-refractivity contribution in [1.29, 1.82) is 0 Å². The van der Waals surface area contributed by atoms with Crippen molar-refractivity contribution in [2.24, 2.45) is 11.3 Å². The highest BCUT2D eigenvalue weighted by atomic mass is 16.5. The molecule has 0 saturated carbocycles. The number of piperidine rings is 2. The molecule has 0 spiro atoms. The Morgan fingerprint density at radius 1 is 1.10 bits per heavy atom. The first-order chi connectivity index (χ1) is 15.1. The van der Waals surface area contributed by atoms with Gasteiger partial charge in [0.25, 0.3) is 0 Å². The average molecular weight is 421 g/mol. The van der Waals surface area contributed by atoms with Gasteiger partial charge in [-0.1, -0.05) is 48.5 Å². The lowest BCUT2D eigenvalue weighted by atomic mass is 9.72. The van der Waals surface area contributed by atoms with Crippen molar-refractivity contribution in [2.75, 3.05) is 32.8 Å². The van der Waals surface area contributed by atoms with Gasteiger partial charge in [-0.05, 0) is 54.0 Å². The third-order valence-electron chi connectivity index (χ3n) is 7.18. The fourth-order valence-corrected chi connectivity index (χ4v) is 5.76. The number of hydrogen-bond donors (Lipinski definition) is 2. The van der Waals surface area contributed by atoms with E-state index in [9.17, 15) is 14.7 Å². The van der Waals surface area contributed by atoms with E-state index in [1.54, 1.807) is 0 Å². The SMILES string of the molecule is O=C(NCC1(C(=O)O)CC2CCCN(C2)C1)OCC1c2ccccc2-c2ccccc21. The summed E-state index contributed by atoms with van der Waals surface area (Å²) in [5.41, 5.74) is 3.74. The van der Waals surface area contributed by atoms with Gasteiger partial charge >= 0.3 is 12.1 Å². The lowest BCUT2D eigenvalue weighted by Gasteiger charge is -2.46. The highest BCUT2D eigenvalue weighted by Gasteiger charge is 2.47. The van der Waals surface area contributed by atoms with Crippen LogP contribution >= 0.6 is 0 Å². The van der Waals surface area contributed by atoms with Gasteiger partial charge in [-0.3, -0.25) is 4.79 Å². The molecule has 2 N–H and O–H groups in total. The smallest absolute Gasteiger partial charge is 0.407 e. The number of alkyl carbamates (subject to hydrolysis) is 1. The number of nitrogens with one attached hydrogen (secondary N) is 1. The Hall–Kier alpha value is -2.86. The van der Waals surface area contributed by atoms with Gasteiger partial charge in [0.05, 0.1) is 5.41 Å². The van der Waals surface area contributed by atoms with E-state index < -0.39 is 17.5 Å². The maximum absolute atomic E-state index is 12.5. The summed E-state index contributed by atoms with van der Waals surface area (Å²) in [6.07, 6.45) is 2.26. The van der Waals surface area contributed by atoms with E-state index in [2.05, 4.69) is 34.5 Å². The molecule has 162 valence electrons. The van der Waals surface area contributed by atoms with Crippen LogP contribution in [0.15, 0.2) is 48.5 Å². The lowest BCUT2D eigenvalue weighted by Crippen LogP contribution is -2.57. The van der Waals surface area contributed by atoms with Gasteiger partial charge in [-0.25, -0.2) is 4.79 Å². The molecular formula is C25H28N2O4. The highest BCUT2D eigenvalue weighted by Crippen LogP contribution is 2.44.